The first kappa shape index (κ1) is 9.72. The Morgan fingerprint density at radius 1 is 1.43 bits per heavy atom. The Bertz CT molecular complexity index is 326. The van der Waals surface area contributed by atoms with Crippen LogP contribution in [0.5, 0.6) is 0 Å². The minimum Gasteiger partial charge on any atom is -0.396 e. The van der Waals surface area contributed by atoms with E-state index in [0.29, 0.717) is 0 Å². The van der Waals surface area contributed by atoms with Gasteiger partial charge in [-0.15, -0.1) is 0 Å². The monoisotopic (exact) mass is 190 g/mol. The van der Waals surface area contributed by atoms with Crippen LogP contribution in [0.25, 0.3) is 0 Å². The van der Waals surface area contributed by atoms with Gasteiger partial charge in [0.1, 0.15) is 0 Å². The molecule has 1 aromatic rings. The Balaban J connectivity index is 2.37. The summed E-state index contributed by atoms with van der Waals surface area (Å²) in [7, 11) is 0. The highest BCUT2D eigenvalue weighted by Gasteiger charge is 2.26. The van der Waals surface area contributed by atoms with Crippen molar-refractivity contribution in [2.24, 2.45) is 0 Å². The molecule has 76 valence electrons. The second kappa shape index (κ2) is 3.74. The van der Waals surface area contributed by atoms with Gasteiger partial charge < -0.3 is 5.11 Å². The van der Waals surface area contributed by atoms with E-state index < -0.39 is 0 Å². The lowest BCUT2D eigenvalue weighted by Gasteiger charge is -2.14. The second-order valence-corrected chi connectivity index (χ2v) is 4.49. The zero-order valence-corrected chi connectivity index (χ0v) is 8.96. The van der Waals surface area contributed by atoms with Gasteiger partial charge in [-0.1, -0.05) is 30.7 Å². The molecule has 1 heteroatoms. The topological polar surface area (TPSA) is 20.2 Å². The molecular weight excluding hydrogens is 172 g/mol. The molecule has 1 N–H and O–H groups in total. The molecule has 1 atom stereocenters. The molecule has 14 heavy (non-hydrogen) atoms. The Labute approximate surface area is 85.8 Å². The number of aliphatic hydroxyl groups is 1. The van der Waals surface area contributed by atoms with Crippen LogP contribution in [0.1, 0.15) is 48.3 Å². The van der Waals surface area contributed by atoms with Gasteiger partial charge in [-0.05, 0) is 36.8 Å². The van der Waals surface area contributed by atoms with Crippen LogP contribution in [0.2, 0.25) is 0 Å². The molecule has 1 aliphatic rings. The third-order valence-corrected chi connectivity index (χ3v) is 3.06. The van der Waals surface area contributed by atoms with Crippen LogP contribution >= 0.6 is 0 Å². The number of hydrogen-bond donors (Lipinski definition) is 1. The van der Waals surface area contributed by atoms with E-state index in [9.17, 15) is 5.11 Å². The van der Waals surface area contributed by atoms with Gasteiger partial charge in [-0.3, -0.25) is 0 Å². The number of aryl methyl sites for hydroxylation is 1. The van der Waals surface area contributed by atoms with Gasteiger partial charge in [0, 0.05) is 12.5 Å². The summed E-state index contributed by atoms with van der Waals surface area (Å²) in [5, 5.41) is 9.21. The second-order valence-electron chi connectivity index (χ2n) is 4.49. The number of hydrogen-bond acceptors (Lipinski definition) is 1. The lowest BCUT2D eigenvalue weighted by Crippen LogP contribution is -2.03. The van der Waals surface area contributed by atoms with Gasteiger partial charge in [-0.25, -0.2) is 0 Å². The van der Waals surface area contributed by atoms with E-state index in [2.05, 4.69) is 32.0 Å². The van der Waals surface area contributed by atoms with Crippen molar-refractivity contribution in [3.8, 4) is 0 Å². The Morgan fingerprint density at radius 2 is 2.14 bits per heavy atom. The average molecular weight is 190 g/mol. The maximum absolute atomic E-state index is 9.21. The summed E-state index contributed by atoms with van der Waals surface area (Å²) >= 11 is 0. The largest absolute Gasteiger partial charge is 0.396 e. The Hall–Kier alpha value is -0.820. The molecule has 0 aromatic heterocycles. The normalized spacial score (nSPS) is 18.2. The van der Waals surface area contributed by atoms with Gasteiger partial charge in [0.15, 0.2) is 0 Å². The van der Waals surface area contributed by atoms with Gasteiger partial charge in [-0.2, -0.15) is 0 Å². The summed E-state index contributed by atoms with van der Waals surface area (Å²) < 4.78 is 0. The fourth-order valence-corrected chi connectivity index (χ4v) is 1.99. The first-order valence-electron chi connectivity index (χ1n) is 5.43. The third-order valence-electron chi connectivity index (χ3n) is 3.06. The molecule has 0 radical (unpaired) electrons. The molecule has 0 amide bonds. The summed E-state index contributed by atoms with van der Waals surface area (Å²) in [6, 6.07) is 6.66. The first-order chi connectivity index (χ1) is 6.72. The van der Waals surface area contributed by atoms with Crippen LogP contribution in [0, 0.1) is 6.92 Å². The zero-order valence-electron chi connectivity index (χ0n) is 8.96. The fraction of sp³-hybridized carbons (Fsp3) is 0.538. The van der Waals surface area contributed by atoms with Gasteiger partial charge >= 0.3 is 0 Å². The van der Waals surface area contributed by atoms with E-state index in [0.717, 1.165) is 5.92 Å². The Kier molecular flexibility index (Phi) is 2.60. The van der Waals surface area contributed by atoms with Gasteiger partial charge in [0.05, 0.1) is 0 Å². The lowest BCUT2D eigenvalue weighted by atomic mass is 9.92. The van der Waals surface area contributed by atoms with Crippen LogP contribution in [0.4, 0.5) is 0 Å². The minimum absolute atomic E-state index is 0.253. The smallest absolute Gasteiger partial charge is 0.0497 e. The lowest BCUT2D eigenvalue weighted by molar-refractivity contribution is 0.272. The summed E-state index contributed by atoms with van der Waals surface area (Å²) in [6.07, 6.45) is 2.66. The first-order valence-corrected chi connectivity index (χ1v) is 5.43. The van der Waals surface area contributed by atoms with E-state index in [1.165, 1.54) is 29.5 Å². The highest BCUT2D eigenvalue weighted by Crippen LogP contribution is 2.43. The fourth-order valence-electron chi connectivity index (χ4n) is 1.99. The standard InChI is InChI=1S/C13H18O/c1-9-3-6-12(11-4-5-11)13(7-9)10(2)8-14/h3,6-7,10-11,14H,4-5,8H2,1-2H3. The molecule has 1 aromatic carbocycles. The van der Waals surface area contributed by atoms with E-state index >= 15 is 0 Å². The van der Waals surface area contributed by atoms with E-state index in [-0.39, 0.29) is 12.5 Å². The summed E-state index contributed by atoms with van der Waals surface area (Å²) in [5.74, 6) is 1.06. The molecule has 0 saturated heterocycles. The summed E-state index contributed by atoms with van der Waals surface area (Å²) in [6.45, 7) is 4.47. The molecule has 1 fully saturated rings. The highest BCUT2D eigenvalue weighted by atomic mass is 16.3. The SMILES string of the molecule is Cc1ccc(C2CC2)c(C(C)CO)c1. The van der Waals surface area contributed by atoms with Crippen LogP contribution in [-0.2, 0) is 0 Å². The highest BCUT2D eigenvalue weighted by molar-refractivity contribution is 5.38. The van der Waals surface area contributed by atoms with Crippen LogP contribution in [-0.4, -0.2) is 11.7 Å². The molecule has 2 rings (SSSR count). The van der Waals surface area contributed by atoms with E-state index in [1.807, 2.05) is 0 Å². The zero-order chi connectivity index (χ0) is 10.1. The van der Waals surface area contributed by atoms with Crippen molar-refractivity contribution in [2.75, 3.05) is 6.61 Å². The minimum atomic E-state index is 0.253. The van der Waals surface area contributed by atoms with Gasteiger partial charge in [0.25, 0.3) is 0 Å². The summed E-state index contributed by atoms with van der Waals surface area (Å²) in [5.41, 5.74) is 4.12. The third kappa shape index (κ3) is 1.83. The van der Waals surface area contributed by atoms with Crippen molar-refractivity contribution in [2.45, 2.75) is 38.5 Å². The average Bonchev–Trinajstić information content (AvgIpc) is 3.00. The quantitative estimate of drug-likeness (QED) is 0.777. The Morgan fingerprint density at radius 3 is 2.71 bits per heavy atom. The molecule has 1 nitrogen and oxygen atoms in total. The molecule has 0 bridgehead atoms. The van der Waals surface area contributed by atoms with Crippen molar-refractivity contribution in [3.63, 3.8) is 0 Å². The van der Waals surface area contributed by atoms with Crippen LogP contribution in [0.3, 0.4) is 0 Å². The summed E-state index contributed by atoms with van der Waals surface area (Å²) in [4.78, 5) is 0. The molecule has 0 spiro atoms. The molecule has 1 aliphatic carbocycles. The maximum Gasteiger partial charge on any atom is 0.0497 e. The molecule has 1 saturated carbocycles. The van der Waals surface area contributed by atoms with E-state index in [1.54, 1.807) is 0 Å². The van der Waals surface area contributed by atoms with Crippen molar-refractivity contribution in [1.29, 1.82) is 0 Å². The van der Waals surface area contributed by atoms with Crippen molar-refractivity contribution in [1.82, 2.24) is 0 Å². The van der Waals surface area contributed by atoms with Crippen molar-refractivity contribution < 1.29 is 5.11 Å². The van der Waals surface area contributed by atoms with Gasteiger partial charge in [0.2, 0.25) is 0 Å². The number of benzene rings is 1. The maximum atomic E-state index is 9.21. The predicted molar refractivity (Wildman–Crippen MR) is 58.7 cm³/mol. The van der Waals surface area contributed by atoms with Crippen LogP contribution in [0.15, 0.2) is 18.2 Å². The molecule has 0 heterocycles. The molecule has 1 unspecified atom stereocenters. The number of rotatable bonds is 3. The van der Waals surface area contributed by atoms with E-state index in [4.69, 9.17) is 0 Å². The number of aliphatic hydroxyl groups excluding tert-OH is 1. The molecular formula is C13H18O. The molecule has 0 aliphatic heterocycles. The predicted octanol–water partition coefficient (Wildman–Crippen LogP) is 2.97. The van der Waals surface area contributed by atoms with Crippen molar-refractivity contribution >= 4 is 0 Å². The van der Waals surface area contributed by atoms with Crippen molar-refractivity contribution in [3.05, 3.63) is 34.9 Å². The van der Waals surface area contributed by atoms with Crippen LogP contribution < -0.4 is 0 Å².